The fraction of sp³-hybridized carbons (Fsp3) is 0.394. The molecule has 0 saturated carbocycles. The van der Waals surface area contributed by atoms with Crippen LogP contribution in [0.2, 0.25) is 5.02 Å². The molecule has 220 valence electrons. The van der Waals surface area contributed by atoms with Gasteiger partial charge >= 0.3 is 6.03 Å². The average Bonchev–Trinajstić information content (AvgIpc) is 3.52. The molecule has 42 heavy (non-hydrogen) atoms. The minimum absolute atomic E-state index is 0.0205. The number of likely N-dealkylation sites (tertiary alicyclic amines) is 2. The van der Waals surface area contributed by atoms with E-state index in [4.69, 9.17) is 11.6 Å². The van der Waals surface area contributed by atoms with Gasteiger partial charge in [-0.2, -0.15) is 0 Å². The van der Waals surface area contributed by atoms with Gasteiger partial charge in [0, 0.05) is 60.9 Å². The number of ketones is 1. The molecule has 2 saturated heterocycles. The lowest BCUT2D eigenvalue weighted by atomic mass is 10.0. The van der Waals surface area contributed by atoms with Crippen LogP contribution >= 0.6 is 11.6 Å². The van der Waals surface area contributed by atoms with Gasteiger partial charge in [0.1, 0.15) is 0 Å². The van der Waals surface area contributed by atoms with Crippen LogP contribution in [0, 0.1) is 32.6 Å². The van der Waals surface area contributed by atoms with Crippen molar-refractivity contribution in [3.05, 3.63) is 87.7 Å². The summed E-state index contributed by atoms with van der Waals surface area (Å²) in [6.07, 6.45) is 2.54. The molecule has 0 bridgehead atoms. The van der Waals surface area contributed by atoms with Crippen molar-refractivity contribution in [2.24, 2.45) is 11.8 Å². The van der Waals surface area contributed by atoms with Crippen molar-refractivity contribution >= 4 is 40.7 Å². The monoisotopic (exact) mass is 587 g/mol. The van der Waals surface area contributed by atoms with Gasteiger partial charge in [-0.25, -0.2) is 4.79 Å². The summed E-state index contributed by atoms with van der Waals surface area (Å²) in [5, 5.41) is 3.58. The molecule has 2 aliphatic rings. The van der Waals surface area contributed by atoms with Crippen molar-refractivity contribution in [1.82, 2.24) is 14.8 Å². The normalized spacial score (nSPS) is 18.2. The van der Waals surface area contributed by atoms with Crippen molar-refractivity contribution in [2.75, 3.05) is 49.5 Å². The highest BCUT2D eigenvalue weighted by Crippen LogP contribution is 2.33. The molecule has 9 heteroatoms. The quantitative estimate of drug-likeness (QED) is 0.327. The van der Waals surface area contributed by atoms with E-state index in [1.54, 1.807) is 35.4 Å². The zero-order chi connectivity index (χ0) is 30.0. The molecule has 0 radical (unpaired) electrons. The van der Waals surface area contributed by atoms with Gasteiger partial charge in [-0.3, -0.25) is 19.5 Å². The minimum atomic E-state index is -0.251. The first kappa shape index (κ1) is 29.7. The number of Topliss-reactive ketones (excluding diaryl/α,β-unsaturated/α-hetero) is 1. The summed E-state index contributed by atoms with van der Waals surface area (Å²) in [5.41, 5.74) is 5.40. The number of carbonyl (C=O) groups is 3. The number of aryl methyl sites for hydroxylation is 3. The van der Waals surface area contributed by atoms with E-state index in [0.717, 1.165) is 67.2 Å². The van der Waals surface area contributed by atoms with Crippen LogP contribution in [0.15, 0.2) is 54.7 Å². The highest BCUT2D eigenvalue weighted by atomic mass is 35.5. The number of nitrogens with one attached hydrogen (secondary N) is 1. The van der Waals surface area contributed by atoms with Crippen molar-refractivity contribution in [1.29, 1.82) is 0 Å². The number of hydrogen-bond acceptors (Lipinski definition) is 5. The molecule has 3 amide bonds. The molecular weight excluding hydrogens is 550 g/mol. The van der Waals surface area contributed by atoms with Crippen molar-refractivity contribution in [2.45, 2.75) is 34.1 Å². The minimum Gasteiger partial charge on any atom is -0.338 e. The number of anilines is 2. The van der Waals surface area contributed by atoms with Crippen LogP contribution in [0.1, 0.15) is 50.9 Å². The lowest BCUT2D eigenvalue weighted by Gasteiger charge is -2.26. The molecule has 2 atom stereocenters. The van der Waals surface area contributed by atoms with Crippen molar-refractivity contribution in [3.8, 4) is 0 Å². The first-order valence-corrected chi connectivity index (χ1v) is 14.9. The Morgan fingerprint density at radius 2 is 1.64 bits per heavy atom. The summed E-state index contributed by atoms with van der Waals surface area (Å²) in [6, 6.07) is 14.2. The lowest BCUT2D eigenvalue weighted by molar-refractivity contribution is 0.0772. The van der Waals surface area contributed by atoms with Gasteiger partial charge < -0.3 is 15.1 Å². The van der Waals surface area contributed by atoms with Crippen LogP contribution in [0.5, 0.6) is 0 Å². The lowest BCUT2D eigenvalue weighted by Crippen LogP contribution is -2.38. The van der Waals surface area contributed by atoms with Crippen LogP contribution in [0.25, 0.3) is 0 Å². The molecule has 2 fully saturated rings. The van der Waals surface area contributed by atoms with Gasteiger partial charge in [0.2, 0.25) is 0 Å². The number of aromatic nitrogens is 1. The van der Waals surface area contributed by atoms with E-state index < -0.39 is 0 Å². The third-order valence-electron chi connectivity index (χ3n) is 8.52. The van der Waals surface area contributed by atoms with E-state index in [-0.39, 0.29) is 17.7 Å². The molecular formula is C33H38ClN5O3. The maximum absolute atomic E-state index is 13.4. The van der Waals surface area contributed by atoms with Gasteiger partial charge in [0.05, 0.1) is 11.3 Å². The molecule has 0 spiro atoms. The third-order valence-corrected chi connectivity index (χ3v) is 8.93. The SMILES string of the molecule is CC(=O)c1ccc(NC(=O)N(CCCN2CC3CN(C(=O)c4c(C)ccnc4C)CC3C2)c2ccc(C)c(Cl)c2)cc1. The predicted octanol–water partition coefficient (Wildman–Crippen LogP) is 6.00. The number of nitrogens with zero attached hydrogens (tertiary/aromatic N) is 4. The second-order valence-electron chi connectivity index (χ2n) is 11.6. The Labute approximate surface area is 252 Å². The maximum Gasteiger partial charge on any atom is 0.326 e. The van der Waals surface area contributed by atoms with E-state index >= 15 is 0 Å². The smallest absolute Gasteiger partial charge is 0.326 e. The van der Waals surface area contributed by atoms with Crippen LogP contribution in [-0.4, -0.2) is 71.8 Å². The number of halogens is 1. The number of benzene rings is 2. The standard InChI is InChI=1S/C33H38ClN5O3/c1-21-6-11-29(16-30(21)34)39(33(42)36-28-9-7-25(8-10-28)24(4)40)15-5-14-37-17-26-19-38(20-27(26)18-37)32(41)31-22(2)12-13-35-23(31)3/h6-13,16,26-27H,5,14-15,17-20H2,1-4H3,(H,36,42). The number of urea groups is 1. The van der Waals surface area contributed by atoms with Gasteiger partial charge in [-0.05, 0) is 106 Å². The van der Waals surface area contributed by atoms with Crippen molar-refractivity contribution < 1.29 is 14.4 Å². The molecule has 2 aromatic carbocycles. The Morgan fingerprint density at radius 1 is 0.952 bits per heavy atom. The summed E-state index contributed by atoms with van der Waals surface area (Å²) >= 11 is 6.42. The van der Waals surface area contributed by atoms with Crippen LogP contribution in [-0.2, 0) is 0 Å². The zero-order valence-corrected chi connectivity index (χ0v) is 25.4. The molecule has 0 aliphatic carbocycles. The van der Waals surface area contributed by atoms with E-state index in [1.165, 1.54) is 6.92 Å². The van der Waals surface area contributed by atoms with Gasteiger partial charge in [-0.1, -0.05) is 17.7 Å². The Balaban J connectivity index is 1.18. The number of fused-ring (bicyclic) bond motifs is 1. The van der Waals surface area contributed by atoms with E-state index in [1.807, 2.05) is 49.9 Å². The Morgan fingerprint density at radius 3 is 2.26 bits per heavy atom. The molecule has 5 rings (SSSR count). The molecule has 1 N–H and O–H groups in total. The van der Waals surface area contributed by atoms with E-state index in [2.05, 4.69) is 15.2 Å². The summed E-state index contributed by atoms with van der Waals surface area (Å²) in [5.74, 6) is 0.986. The fourth-order valence-corrected chi connectivity index (χ4v) is 6.32. The average molecular weight is 588 g/mol. The summed E-state index contributed by atoms with van der Waals surface area (Å²) in [4.78, 5) is 48.8. The predicted molar refractivity (Wildman–Crippen MR) is 167 cm³/mol. The molecule has 2 aliphatic heterocycles. The second kappa shape index (κ2) is 12.6. The largest absolute Gasteiger partial charge is 0.338 e. The van der Waals surface area contributed by atoms with E-state index in [9.17, 15) is 14.4 Å². The molecule has 1 aromatic heterocycles. The van der Waals surface area contributed by atoms with Gasteiger partial charge in [0.25, 0.3) is 5.91 Å². The second-order valence-corrected chi connectivity index (χ2v) is 12.0. The Kier molecular flexibility index (Phi) is 8.94. The number of carbonyl (C=O) groups excluding carboxylic acids is 3. The topological polar surface area (TPSA) is 85.9 Å². The molecule has 8 nitrogen and oxygen atoms in total. The summed E-state index contributed by atoms with van der Waals surface area (Å²) in [7, 11) is 0. The summed E-state index contributed by atoms with van der Waals surface area (Å²) in [6.45, 7) is 12.1. The van der Waals surface area contributed by atoms with Crippen LogP contribution < -0.4 is 10.2 Å². The van der Waals surface area contributed by atoms with E-state index in [0.29, 0.717) is 34.7 Å². The Bertz CT molecular complexity index is 1460. The Hall–Kier alpha value is -3.75. The highest BCUT2D eigenvalue weighted by molar-refractivity contribution is 6.31. The first-order valence-electron chi connectivity index (χ1n) is 14.5. The number of pyridine rings is 1. The maximum atomic E-state index is 13.4. The number of rotatable bonds is 8. The van der Waals surface area contributed by atoms with Crippen LogP contribution in [0.4, 0.5) is 16.2 Å². The number of hydrogen-bond donors (Lipinski definition) is 1. The van der Waals surface area contributed by atoms with Crippen LogP contribution in [0.3, 0.4) is 0 Å². The molecule has 2 unspecified atom stereocenters. The van der Waals surface area contributed by atoms with Crippen molar-refractivity contribution in [3.63, 3.8) is 0 Å². The zero-order valence-electron chi connectivity index (χ0n) is 24.7. The molecule has 3 aromatic rings. The highest BCUT2D eigenvalue weighted by Gasteiger charge is 2.42. The third kappa shape index (κ3) is 6.50. The van der Waals surface area contributed by atoms with Gasteiger partial charge in [-0.15, -0.1) is 0 Å². The van der Waals surface area contributed by atoms with Gasteiger partial charge in [0.15, 0.2) is 5.78 Å². The fourth-order valence-electron chi connectivity index (χ4n) is 6.14. The number of amides is 3. The summed E-state index contributed by atoms with van der Waals surface area (Å²) < 4.78 is 0. The first-order chi connectivity index (χ1) is 20.1. The molecule has 3 heterocycles.